The lowest BCUT2D eigenvalue weighted by molar-refractivity contribution is 0.0772. The van der Waals surface area contributed by atoms with Crippen LogP contribution in [0.3, 0.4) is 0 Å². The number of piperidine rings is 1. The predicted molar refractivity (Wildman–Crippen MR) is 107 cm³/mol. The first-order chi connectivity index (χ1) is 12.7. The summed E-state index contributed by atoms with van der Waals surface area (Å²) in [5, 5.41) is 0. The van der Waals surface area contributed by atoms with Gasteiger partial charge in [0, 0.05) is 32.4 Å². The molecule has 1 saturated heterocycles. The molecule has 0 radical (unpaired) electrons. The minimum atomic E-state index is 0.0654. The number of nitrogens with zero attached hydrogens (tertiary/aromatic N) is 3. The van der Waals surface area contributed by atoms with E-state index in [1.54, 1.807) is 6.20 Å². The number of benzene rings is 1. The van der Waals surface area contributed by atoms with Crippen molar-refractivity contribution in [1.29, 1.82) is 0 Å². The number of rotatable bonds is 6. The average Bonchev–Trinajstić information content (AvgIpc) is 2.70. The molecule has 1 amide bonds. The first-order valence-corrected chi connectivity index (χ1v) is 9.75. The molecule has 0 saturated carbocycles. The van der Waals surface area contributed by atoms with Crippen molar-refractivity contribution in [3.8, 4) is 0 Å². The second-order valence-electron chi connectivity index (χ2n) is 7.00. The number of hydrogen-bond acceptors (Lipinski definition) is 3. The first kappa shape index (κ1) is 18.4. The van der Waals surface area contributed by atoms with Gasteiger partial charge in [-0.1, -0.05) is 30.3 Å². The number of pyridine rings is 1. The van der Waals surface area contributed by atoms with Crippen molar-refractivity contribution in [3.05, 3.63) is 59.8 Å². The van der Waals surface area contributed by atoms with Gasteiger partial charge in [-0.2, -0.15) is 0 Å². The second kappa shape index (κ2) is 8.84. The summed E-state index contributed by atoms with van der Waals surface area (Å²) in [4.78, 5) is 21.1. The van der Waals surface area contributed by atoms with E-state index < -0.39 is 0 Å². The molecule has 138 valence electrons. The predicted octanol–water partition coefficient (Wildman–Crippen LogP) is 4.02. The molecule has 0 unspecified atom stereocenters. The normalized spacial score (nSPS) is 15.1. The molecule has 26 heavy (non-hydrogen) atoms. The van der Waals surface area contributed by atoms with Gasteiger partial charge in [-0.25, -0.2) is 4.98 Å². The zero-order valence-corrected chi connectivity index (χ0v) is 15.9. The third kappa shape index (κ3) is 4.43. The van der Waals surface area contributed by atoms with Crippen molar-refractivity contribution in [2.45, 2.75) is 33.1 Å². The topological polar surface area (TPSA) is 36.4 Å². The van der Waals surface area contributed by atoms with Gasteiger partial charge in [0.2, 0.25) is 0 Å². The Bertz CT molecular complexity index is 687. The number of carbonyl (C=O) groups is 1. The molecule has 2 aromatic rings. The third-order valence-electron chi connectivity index (χ3n) is 5.35. The maximum absolute atomic E-state index is 12.4. The standard InChI is InChI=1S/C22H29N3O/c1-3-24(4-2)22(26)20-10-11-21(23-17-20)25-14-12-19(13-15-25)16-18-8-6-5-7-9-18/h5-11,17,19H,3-4,12-16H2,1-2H3. The molecule has 4 nitrogen and oxygen atoms in total. The lowest BCUT2D eigenvalue weighted by Crippen LogP contribution is -2.35. The second-order valence-corrected chi connectivity index (χ2v) is 7.00. The Kier molecular flexibility index (Phi) is 6.26. The zero-order valence-electron chi connectivity index (χ0n) is 15.9. The van der Waals surface area contributed by atoms with Gasteiger partial charge in [-0.15, -0.1) is 0 Å². The van der Waals surface area contributed by atoms with Crippen LogP contribution in [-0.2, 0) is 6.42 Å². The molecule has 2 heterocycles. The van der Waals surface area contributed by atoms with E-state index in [9.17, 15) is 4.79 Å². The van der Waals surface area contributed by atoms with Crippen LogP contribution in [0.25, 0.3) is 0 Å². The summed E-state index contributed by atoms with van der Waals surface area (Å²) < 4.78 is 0. The molecule has 0 spiro atoms. The van der Waals surface area contributed by atoms with Crippen LogP contribution in [0.1, 0.15) is 42.6 Å². The average molecular weight is 351 g/mol. The summed E-state index contributed by atoms with van der Waals surface area (Å²) >= 11 is 0. The van der Waals surface area contributed by atoms with Crippen LogP contribution in [0.15, 0.2) is 48.7 Å². The molecule has 1 aromatic carbocycles. The monoisotopic (exact) mass is 351 g/mol. The molecule has 1 aromatic heterocycles. The van der Waals surface area contributed by atoms with Gasteiger partial charge in [-0.05, 0) is 56.7 Å². The Morgan fingerprint density at radius 3 is 2.35 bits per heavy atom. The van der Waals surface area contributed by atoms with Gasteiger partial charge in [0.15, 0.2) is 0 Å². The maximum atomic E-state index is 12.4. The summed E-state index contributed by atoms with van der Waals surface area (Å²) in [7, 11) is 0. The van der Waals surface area contributed by atoms with Crippen molar-refractivity contribution in [2.75, 3.05) is 31.1 Å². The molecule has 0 bridgehead atoms. The molecule has 0 aliphatic carbocycles. The summed E-state index contributed by atoms with van der Waals surface area (Å²) in [6, 6.07) is 14.7. The number of carbonyl (C=O) groups excluding carboxylic acids is 1. The maximum Gasteiger partial charge on any atom is 0.255 e. The van der Waals surface area contributed by atoms with Gasteiger partial charge in [0.05, 0.1) is 5.56 Å². The quantitative estimate of drug-likeness (QED) is 0.788. The van der Waals surface area contributed by atoms with E-state index in [1.165, 1.54) is 24.8 Å². The van der Waals surface area contributed by atoms with Gasteiger partial charge in [0.25, 0.3) is 5.91 Å². The lowest BCUT2D eigenvalue weighted by Gasteiger charge is -2.33. The highest BCUT2D eigenvalue weighted by molar-refractivity contribution is 5.94. The Balaban J connectivity index is 1.55. The van der Waals surface area contributed by atoms with E-state index >= 15 is 0 Å². The highest BCUT2D eigenvalue weighted by Crippen LogP contribution is 2.25. The smallest absolute Gasteiger partial charge is 0.255 e. The summed E-state index contributed by atoms with van der Waals surface area (Å²) in [5.41, 5.74) is 2.11. The van der Waals surface area contributed by atoms with Crippen molar-refractivity contribution >= 4 is 11.7 Å². The molecule has 0 N–H and O–H groups in total. The van der Waals surface area contributed by atoms with E-state index in [2.05, 4.69) is 40.2 Å². The number of aromatic nitrogens is 1. The van der Waals surface area contributed by atoms with Crippen molar-refractivity contribution in [3.63, 3.8) is 0 Å². The van der Waals surface area contributed by atoms with Crippen LogP contribution in [0.2, 0.25) is 0 Å². The Morgan fingerprint density at radius 2 is 1.77 bits per heavy atom. The Hall–Kier alpha value is -2.36. The van der Waals surface area contributed by atoms with Crippen LogP contribution in [0.4, 0.5) is 5.82 Å². The minimum Gasteiger partial charge on any atom is -0.357 e. The molecule has 1 aliphatic rings. The van der Waals surface area contributed by atoms with Crippen molar-refractivity contribution in [1.82, 2.24) is 9.88 Å². The molecule has 0 atom stereocenters. The van der Waals surface area contributed by atoms with Gasteiger partial charge >= 0.3 is 0 Å². The number of hydrogen-bond donors (Lipinski definition) is 0. The van der Waals surface area contributed by atoms with Crippen LogP contribution >= 0.6 is 0 Å². The van der Waals surface area contributed by atoms with Crippen LogP contribution in [-0.4, -0.2) is 42.0 Å². The van der Waals surface area contributed by atoms with Gasteiger partial charge < -0.3 is 9.80 Å². The molecular formula is C22H29N3O. The fourth-order valence-corrected chi connectivity index (χ4v) is 3.71. The third-order valence-corrected chi connectivity index (χ3v) is 5.35. The van der Waals surface area contributed by atoms with Crippen molar-refractivity contribution < 1.29 is 4.79 Å². The summed E-state index contributed by atoms with van der Waals surface area (Å²) in [6.07, 6.45) is 5.28. The van der Waals surface area contributed by atoms with Crippen LogP contribution < -0.4 is 4.90 Å². The van der Waals surface area contributed by atoms with E-state index in [0.717, 1.165) is 37.9 Å². The molecule has 1 aliphatic heterocycles. The van der Waals surface area contributed by atoms with Crippen molar-refractivity contribution in [2.24, 2.45) is 5.92 Å². The summed E-state index contributed by atoms with van der Waals surface area (Å²) in [6.45, 7) is 7.53. The van der Waals surface area contributed by atoms with E-state index in [-0.39, 0.29) is 5.91 Å². The molecule has 4 heteroatoms. The Morgan fingerprint density at radius 1 is 1.08 bits per heavy atom. The van der Waals surface area contributed by atoms with Crippen LogP contribution in [0, 0.1) is 5.92 Å². The number of anilines is 1. The lowest BCUT2D eigenvalue weighted by atomic mass is 9.90. The molecular weight excluding hydrogens is 322 g/mol. The first-order valence-electron chi connectivity index (χ1n) is 9.75. The highest BCUT2D eigenvalue weighted by atomic mass is 16.2. The Labute approximate surface area is 156 Å². The van der Waals surface area contributed by atoms with E-state index in [1.807, 2.05) is 30.9 Å². The fraction of sp³-hybridized carbons (Fsp3) is 0.455. The van der Waals surface area contributed by atoms with Gasteiger partial charge in [0.1, 0.15) is 5.82 Å². The minimum absolute atomic E-state index is 0.0654. The van der Waals surface area contributed by atoms with Crippen LogP contribution in [0.5, 0.6) is 0 Å². The highest BCUT2D eigenvalue weighted by Gasteiger charge is 2.21. The molecule has 3 rings (SSSR count). The van der Waals surface area contributed by atoms with E-state index in [4.69, 9.17) is 0 Å². The summed E-state index contributed by atoms with van der Waals surface area (Å²) in [5.74, 6) is 1.80. The number of amides is 1. The van der Waals surface area contributed by atoms with E-state index in [0.29, 0.717) is 5.56 Å². The van der Waals surface area contributed by atoms with Gasteiger partial charge in [-0.3, -0.25) is 4.79 Å². The SMILES string of the molecule is CCN(CC)C(=O)c1ccc(N2CCC(Cc3ccccc3)CC2)nc1. The fourth-order valence-electron chi connectivity index (χ4n) is 3.71. The zero-order chi connectivity index (χ0) is 18.4. The molecule has 1 fully saturated rings. The largest absolute Gasteiger partial charge is 0.357 e.